The molecule has 0 aliphatic carbocycles. The van der Waals surface area contributed by atoms with Crippen LogP contribution in [-0.4, -0.2) is 14.8 Å². The molecule has 0 radical (unpaired) electrons. The third-order valence-electron chi connectivity index (χ3n) is 4.22. The third-order valence-corrected chi connectivity index (χ3v) is 5.25. The lowest BCUT2D eigenvalue weighted by Gasteiger charge is -2.14. The van der Waals surface area contributed by atoms with Gasteiger partial charge in [-0.25, -0.2) is 9.67 Å². The number of hydrogen-bond donors (Lipinski definition) is 1. The highest BCUT2D eigenvalue weighted by Gasteiger charge is 2.32. The van der Waals surface area contributed by atoms with Gasteiger partial charge in [-0.05, 0) is 23.8 Å². The number of halogens is 3. The Morgan fingerprint density at radius 3 is 2.64 bits per heavy atom. The maximum atomic E-state index is 13.1. The minimum absolute atomic E-state index is 0.0147. The molecule has 4 aromatic rings. The number of alkyl halides is 3. The van der Waals surface area contributed by atoms with Gasteiger partial charge in [-0.2, -0.15) is 18.3 Å². The van der Waals surface area contributed by atoms with Crippen molar-refractivity contribution in [3.63, 3.8) is 0 Å². The molecule has 0 saturated carbocycles. The van der Waals surface area contributed by atoms with Crippen molar-refractivity contribution in [1.29, 1.82) is 0 Å². The van der Waals surface area contributed by atoms with Crippen molar-refractivity contribution in [3.8, 4) is 5.13 Å². The summed E-state index contributed by atoms with van der Waals surface area (Å²) in [6.45, 7) is 3.93. The van der Waals surface area contributed by atoms with Gasteiger partial charge in [0.1, 0.15) is 0 Å². The molecule has 0 bridgehead atoms. The van der Waals surface area contributed by atoms with Gasteiger partial charge in [0, 0.05) is 24.0 Å². The number of rotatable bonds is 5. The molecule has 4 rings (SSSR count). The molecule has 8 heteroatoms. The van der Waals surface area contributed by atoms with Gasteiger partial charge in [-0.1, -0.05) is 48.2 Å². The fraction of sp³-hybridized carbons (Fsp3) is 0.100. The van der Waals surface area contributed by atoms with Gasteiger partial charge >= 0.3 is 6.18 Å². The Bertz CT molecular complexity index is 1110. The number of aromatic nitrogens is 3. The van der Waals surface area contributed by atoms with Gasteiger partial charge < -0.3 is 5.32 Å². The van der Waals surface area contributed by atoms with E-state index in [2.05, 4.69) is 22.0 Å². The van der Waals surface area contributed by atoms with E-state index in [1.165, 1.54) is 23.5 Å². The second-order valence-corrected chi connectivity index (χ2v) is 7.13. The molecular formula is C20H15F3N4S. The highest BCUT2D eigenvalue weighted by atomic mass is 32.1. The Hall–Kier alpha value is -3.13. The van der Waals surface area contributed by atoms with Crippen molar-refractivity contribution < 1.29 is 13.2 Å². The van der Waals surface area contributed by atoms with Gasteiger partial charge in [0.05, 0.1) is 22.0 Å². The van der Waals surface area contributed by atoms with Crippen molar-refractivity contribution in [2.24, 2.45) is 0 Å². The number of nitrogens with zero attached hydrogens (tertiary/aromatic N) is 3. The summed E-state index contributed by atoms with van der Waals surface area (Å²) in [5.74, 6) is 0. The molecule has 0 aliphatic heterocycles. The van der Waals surface area contributed by atoms with E-state index >= 15 is 0 Å². The van der Waals surface area contributed by atoms with Crippen LogP contribution in [0, 0.1) is 0 Å². The van der Waals surface area contributed by atoms with Crippen molar-refractivity contribution in [2.75, 3.05) is 0 Å². The maximum absolute atomic E-state index is 13.1. The average Bonchev–Trinajstić information content (AvgIpc) is 3.32. The van der Waals surface area contributed by atoms with E-state index in [0.717, 1.165) is 16.3 Å². The Kier molecular flexibility index (Phi) is 4.64. The molecule has 0 spiro atoms. The van der Waals surface area contributed by atoms with Crippen LogP contribution in [0.3, 0.4) is 0 Å². The molecule has 2 aromatic heterocycles. The number of hydrogen-bond acceptors (Lipinski definition) is 4. The lowest BCUT2D eigenvalue weighted by molar-refractivity contribution is -0.138. The third kappa shape index (κ3) is 3.63. The topological polar surface area (TPSA) is 42.7 Å². The molecule has 2 aromatic carbocycles. The number of nitrogens with one attached hydrogen (secondary N) is 1. The Balaban J connectivity index is 1.50. The number of fused-ring (bicyclic) bond motifs is 1. The molecule has 2 heterocycles. The standard InChI is InChI=1S/C20H15F3N4S/c1-13(24-10-14-6-2-3-7-16(14)20(21,22)23)15-11-25-27(12-15)19-26-17-8-4-5-9-18(17)28-19/h2-9,11-12,24H,1,10H2. The number of thiazole rings is 1. The van der Waals surface area contributed by atoms with Crippen LogP contribution in [0.5, 0.6) is 0 Å². The zero-order valence-electron chi connectivity index (χ0n) is 14.6. The summed E-state index contributed by atoms with van der Waals surface area (Å²) < 4.78 is 42.0. The molecule has 1 N–H and O–H groups in total. The fourth-order valence-corrected chi connectivity index (χ4v) is 3.70. The molecule has 0 unspecified atom stereocenters. The Morgan fingerprint density at radius 1 is 1.11 bits per heavy atom. The quantitative estimate of drug-likeness (QED) is 0.497. The van der Waals surface area contributed by atoms with Crippen molar-refractivity contribution in [3.05, 3.63) is 84.2 Å². The van der Waals surface area contributed by atoms with Crippen molar-refractivity contribution in [2.45, 2.75) is 12.7 Å². The van der Waals surface area contributed by atoms with E-state index in [4.69, 9.17) is 0 Å². The first kappa shape index (κ1) is 18.2. The minimum Gasteiger partial charge on any atom is -0.381 e. The molecule has 0 saturated heterocycles. The molecule has 0 atom stereocenters. The molecule has 0 aliphatic rings. The zero-order valence-corrected chi connectivity index (χ0v) is 15.4. The van der Waals surface area contributed by atoms with E-state index in [0.29, 0.717) is 16.4 Å². The highest BCUT2D eigenvalue weighted by Crippen LogP contribution is 2.32. The summed E-state index contributed by atoms with van der Waals surface area (Å²) in [5, 5.41) is 7.96. The minimum atomic E-state index is -4.39. The second-order valence-electron chi connectivity index (χ2n) is 6.12. The molecule has 28 heavy (non-hydrogen) atoms. The molecule has 142 valence electrons. The lowest BCUT2D eigenvalue weighted by Crippen LogP contribution is -2.16. The van der Waals surface area contributed by atoms with Crippen LogP contribution in [0.15, 0.2) is 67.5 Å². The monoisotopic (exact) mass is 400 g/mol. The predicted molar refractivity (Wildman–Crippen MR) is 104 cm³/mol. The molecule has 4 nitrogen and oxygen atoms in total. The lowest BCUT2D eigenvalue weighted by atomic mass is 10.1. The Morgan fingerprint density at radius 2 is 1.86 bits per heavy atom. The van der Waals surface area contributed by atoms with Crippen LogP contribution in [0.2, 0.25) is 0 Å². The van der Waals surface area contributed by atoms with E-state index < -0.39 is 11.7 Å². The predicted octanol–water partition coefficient (Wildman–Crippen LogP) is 5.26. The normalized spacial score (nSPS) is 11.7. The van der Waals surface area contributed by atoms with Crippen molar-refractivity contribution in [1.82, 2.24) is 20.1 Å². The van der Waals surface area contributed by atoms with Crippen LogP contribution in [0.4, 0.5) is 13.2 Å². The first-order valence-corrected chi connectivity index (χ1v) is 9.22. The summed E-state index contributed by atoms with van der Waals surface area (Å²) in [6, 6.07) is 13.3. The van der Waals surface area contributed by atoms with Crippen LogP contribution in [0.1, 0.15) is 16.7 Å². The maximum Gasteiger partial charge on any atom is 0.416 e. The zero-order chi connectivity index (χ0) is 19.7. The van der Waals surface area contributed by atoms with Crippen LogP contribution < -0.4 is 5.32 Å². The fourth-order valence-electron chi connectivity index (χ4n) is 2.80. The summed E-state index contributed by atoms with van der Waals surface area (Å²) in [5.41, 5.74) is 1.57. The highest BCUT2D eigenvalue weighted by molar-refractivity contribution is 7.20. The van der Waals surface area contributed by atoms with E-state index in [1.54, 1.807) is 23.1 Å². The summed E-state index contributed by atoms with van der Waals surface area (Å²) >= 11 is 1.50. The van der Waals surface area contributed by atoms with Gasteiger partial charge in [0.25, 0.3) is 0 Å². The molecule has 0 fully saturated rings. The van der Waals surface area contributed by atoms with Crippen LogP contribution in [-0.2, 0) is 12.7 Å². The first-order chi connectivity index (χ1) is 13.4. The Labute approximate surface area is 163 Å². The summed E-state index contributed by atoms with van der Waals surface area (Å²) in [4.78, 5) is 4.53. The first-order valence-electron chi connectivity index (χ1n) is 8.41. The van der Waals surface area contributed by atoms with Crippen LogP contribution >= 0.6 is 11.3 Å². The van der Waals surface area contributed by atoms with Gasteiger partial charge in [0.2, 0.25) is 5.13 Å². The summed E-state index contributed by atoms with van der Waals surface area (Å²) in [7, 11) is 0. The SMILES string of the molecule is C=C(NCc1ccccc1C(F)(F)F)c1cnn(-c2nc3ccccc3s2)c1. The van der Waals surface area contributed by atoms with Gasteiger partial charge in [-0.15, -0.1) is 0 Å². The molecule has 0 amide bonds. The second kappa shape index (κ2) is 7.12. The smallest absolute Gasteiger partial charge is 0.381 e. The van der Waals surface area contributed by atoms with E-state index in [-0.39, 0.29) is 12.1 Å². The van der Waals surface area contributed by atoms with Gasteiger partial charge in [0.15, 0.2) is 0 Å². The number of para-hydroxylation sites is 1. The number of benzene rings is 2. The van der Waals surface area contributed by atoms with Gasteiger partial charge in [-0.3, -0.25) is 0 Å². The largest absolute Gasteiger partial charge is 0.416 e. The summed E-state index contributed by atoms with van der Waals surface area (Å²) in [6.07, 6.45) is -1.03. The molecular weight excluding hydrogens is 385 g/mol. The van der Waals surface area contributed by atoms with E-state index in [9.17, 15) is 13.2 Å². The van der Waals surface area contributed by atoms with Crippen LogP contribution in [0.25, 0.3) is 21.0 Å². The van der Waals surface area contributed by atoms with E-state index in [1.807, 2.05) is 24.3 Å². The van der Waals surface area contributed by atoms with Crippen molar-refractivity contribution >= 4 is 27.3 Å². The average molecular weight is 400 g/mol.